The molecular formula is C16H19Br2N3O2. The number of hydrazone groups is 1. The molecule has 0 spiro atoms. The summed E-state index contributed by atoms with van der Waals surface area (Å²) in [5.74, 6) is 0.416. The Labute approximate surface area is 153 Å². The minimum Gasteiger partial charge on any atom is -0.357 e. The number of halogens is 2. The molecule has 1 aromatic carbocycles. The molecule has 1 heterocycles. The average Bonchev–Trinajstić information content (AvgIpc) is 2.71. The van der Waals surface area contributed by atoms with Gasteiger partial charge in [0.25, 0.3) is 5.91 Å². The quantitative estimate of drug-likeness (QED) is 0.398. The van der Waals surface area contributed by atoms with Crippen molar-refractivity contribution >= 4 is 49.2 Å². The number of hydrogen-bond acceptors (Lipinski definition) is 4. The zero-order valence-corrected chi connectivity index (χ0v) is 16.9. The largest absolute Gasteiger partial charge is 0.357 e. The SMILES string of the molecule is CC(=NOc1ccc(Br)cc1)C1(Br)C(=O)N(C)N=C1C(C)(C)C. The van der Waals surface area contributed by atoms with Gasteiger partial charge < -0.3 is 4.84 Å². The van der Waals surface area contributed by atoms with Crippen molar-refractivity contribution in [3.05, 3.63) is 28.7 Å². The van der Waals surface area contributed by atoms with Crippen molar-refractivity contribution in [3.8, 4) is 5.75 Å². The monoisotopic (exact) mass is 443 g/mol. The summed E-state index contributed by atoms with van der Waals surface area (Å²) in [6, 6.07) is 7.31. The van der Waals surface area contributed by atoms with Gasteiger partial charge in [0.15, 0.2) is 10.1 Å². The first-order valence-corrected chi connectivity index (χ1v) is 8.69. The Morgan fingerprint density at radius 2 is 1.87 bits per heavy atom. The van der Waals surface area contributed by atoms with E-state index in [-0.39, 0.29) is 11.3 Å². The Kier molecular flexibility index (Phi) is 5.01. The van der Waals surface area contributed by atoms with E-state index in [9.17, 15) is 4.79 Å². The van der Waals surface area contributed by atoms with Crippen molar-refractivity contribution in [1.82, 2.24) is 5.01 Å². The van der Waals surface area contributed by atoms with Gasteiger partial charge in [-0.2, -0.15) is 5.10 Å². The molecule has 1 aliphatic rings. The second-order valence-corrected chi connectivity index (χ2v) is 8.51. The summed E-state index contributed by atoms with van der Waals surface area (Å²) in [7, 11) is 1.64. The molecule has 1 aliphatic heterocycles. The lowest BCUT2D eigenvalue weighted by Crippen LogP contribution is -2.50. The van der Waals surface area contributed by atoms with Gasteiger partial charge in [0.05, 0.1) is 11.4 Å². The van der Waals surface area contributed by atoms with E-state index < -0.39 is 4.32 Å². The van der Waals surface area contributed by atoms with Gasteiger partial charge in [-0.05, 0) is 31.2 Å². The second-order valence-electron chi connectivity index (χ2n) is 6.41. The Hall–Kier alpha value is -1.21. The summed E-state index contributed by atoms with van der Waals surface area (Å²) in [4.78, 5) is 18.1. The highest BCUT2D eigenvalue weighted by molar-refractivity contribution is 9.11. The van der Waals surface area contributed by atoms with Crippen LogP contribution < -0.4 is 4.84 Å². The average molecular weight is 445 g/mol. The van der Waals surface area contributed by atoms with Crippen LogP contribution in [0.4, 0.5) is 0 Å². The van der Waals surface area contributed by atoms with E-state index in [0.717, 1.165) is 4.47 Å². The van der Waals surface area contributed by atoms with E-state index in [1.165, 1.54) is 5.01 Å². The lowest BCUT2D eigenvalue weighted by Gasteiger charge is -2.28. The molecule has 0 radical (unpaired) electrons. The van der Waals surface area contributed by atoms with Gasteiger partial charge in [-0.15, -0.1) is 0 Å². The van der Waals surface area contributed by atoms with Crippen LogP contribution in [0.5, 0.6) is 5.75 Å². The summed E-state index contributed by atoms with van der Waals surface area (Å²) < 4.78 is -0.118. The van der Waals surface area contributed by atoms with Crippen molar-refractivity contribution in [1.29, 1.82) is 0 Å². The first-order valence-electron chi connectivity index (χ1n) is 7.11. The smallest absolute Gasteiger partial charge is 0.271 e. The summed E-state index contributed by atoms with van der Waals surface area (Å²) in [5.41, 5.74) is 0.916. The van der Waals surface area contributed by atoms with Crippen molar-refractivity contribution < 1.29 is 9.63 Å². The molecule has 1 aromatic rings. The molecular weight excluding hydrogens is 426 g/mol. The van der Waals surface area contributed by atoms with Crippen LogP contribution in [0.1, 0.15) is 27.7 Å². The predicted molar refractivity (Wildman–Crippen MR) is 99.2 cm³/mol. The maximum atomic E-state index is 12.6. The molecule has 1 amide bonds. The van der Waals surface area contributed by atoms with Crippen LogP contribution in [-0.4, -0.2) is 33.7 Å². The summed E-state index contributed by atoms with van der Waals surface area (Å²) in [5, 5.41) is 9.89. The number of alkyl halides is 1. The third-order valence-corrected chi connectivity index (χ3v) is 5.29. The highest BCUT2D eigenvalue weighted by Gasteiger charge is 2.54. The standard InChI is InChI=1S/C16H19Br2N3O2/c1-10(20-23-12-8-6-11(17)7-9-12)16(18)13(15(2,3)4)19-21(5)14(16)22/h6-9H,1-5H3. The lowest BCUT2D eigenvalue weighted by molar-refractivity contribution is -0.127. The van der Waals surface area contributed by atoms with E-state index in [0.29, 0.717) is 17.2 Å². The number of carbonyl (C=O) groups excluding carboxylic acids is 1. The molecule has 124 valence electrons. The number of oxime groups is 1. The zero-order chi connectivity index (χ0) is 17.4. The second kappa shape index (κ2) is 6.36. The Morgan fingerprint density at radius 3 is 2.39 bits per heavy atom. The highest BCUT2D eigenvalue weighted by Crippen LogP contribution is 2.38. The molecule has 1 unspecified atom stereocenters. The molecule has 0 fully saturated rings. The van der Waals surface area contributed by atoms with Crippen LogP contribution in [0.2, 0.25) is 0 Å². The van der Waals surface area contributed by atoms with Gasteiger partial charge >= 0.3 is 0 Å². The fourth-order valence-corrected chi connectivity index (χ4v) is 3.53. The summed E-state index contributed by atoms with van der Waals surface area (Å²) >= 11 is 6.93. The van der Waals surface area contributed by atoms with E-state index in [4.69, 9.17) is 4.84 Å². The number of nitrogens with zero attached hydrogens (tertiary/aromatic N) is 3. The van der Waals surface area contributed by atoms with Crippen molar-refractivity contribution in [2.75, 3.05) is 7.05 Å². The van der Waals surface area contributed by atoms with E-state index in [1.807, 2.05) is 32.9 Å². The zero-order valence-electron chi connectivity index (χ0n) is 13.7. The topological polar surface area (TPSA) is 54.3 Å². The van der Waals surface area contributed by atoms with Crippen LogP contribution in [-0.2, 0) is 4.79 Å². The van der Waals surface area contributed by atoms with Crippen LogP contribution in [0.15, 0.2) is 39.0 Å². The molecule has 0 N–H and O–H groups in total. The molecule has 0 saturated heterocycles. The Balaban J connectivity index is 2.33. The fourth-order valence-electron chi connectivity index (χ4n) is 2.26. The number of hydrogen-bond donors (Lipinski definition) is 0. The molecule has 0 aliphatic carbocycles. The molecule has 0 aromatic heterocycles. The van der Waals surface area contributed by atoms with Gasteiger partial charge in [-0.25, -0.2) is 5.01 Å². The number of carbonyl (C=O) groups is 1. The maximum absolute atomic E-state index is 12.6. The Morgan fingerprint density at radius 1 is 1.30 bits per heavy atom. The molecule has 1 atom stereocenters. The molecule has 5 nitrogen and oxygen atoms in total. The van der Waals surface area contributed by atoms with Gasteiger partial charge in [-0.3, -0.25) is 4.79 Å². The van der Waals surface area contributed by atoms with E-state index in [1.54, 1.807) is 26.1 Å². The third-order valence-electron chi connectivity index (χ3n) is 3.48. The van der Waals surface area contributed by atoms with Crippen LogP contribution in [0, 0.1) is 5.41 Å². The number of rotatable bonds is 3. The van der Waals surface area contributed by atoms with Crippen molar-refractivity contribution in [2.45, 2.75) is 32.0 Å². The van der Waals surface area contributed by atoms with Crippen LogP contribution in [0.25, 0.3) is 0 Å². The molecule has 23 heavy (non-hydrogen) atoms. The minimum atomic E-state index is -1.07. The van der Waals surface area contributed by atoms with Crippen LogP contribution in [0.3, 0.4) is 0 Å². The molecule has 2 rings (SSSR count). The van der Waals surface area contributed by atoms with Gasteiger partial charge in [0, 0.05) is 16.9 Å². The third kappa shape index (κ3) is 3.50. The van der Waals surface area contributed by atoms with Crippen LogP contribution >= 0.6 is 31.9 Å². The predicted octanol–water partition coefficient (Wildman–Crippen LogP) is 4.21. The van der Waals surface area contributed by atoms with Gasteiger partial charge in [-0.1, -0.05) is 57.8 Å². The van der Waals surface area contributed by atoms with Gasteiger partial charge in [0.1, 0.15) is 0 Å². The summed E-state index contributed by atoms with van der Waals surface area (Å²) in [6.07, 6.45) is 0. The molecule has 0 bridgehead atoms. The summed E-state index contributed by atoms with van der Waals surface area (Å²) in [6.45, 7) is 7.79. The molecule has 0 saturated carbocycles. The Bertz CT molecular complexity index is 678. The lowest BCUT2D eigenvalue weighted by atomic mass is 9.80. The number of amides is 1. The number of benzene rings is 1. The maximum Gasteiger partial charge on any atom is 0.271 e. The van der Waals surface area contributed by atoms with E-state index >= 15 is 0 Å². The minimum absolute atomic E-state index is 0.178. The van der Waals surface area contributed by atoms with Gasteiger partial charge in [0.2, 0.25) is 0 Å². The highest BCUT2D eigenvalue weighted by atomic mass is 79.9. The molecule has 7 heteroatoms. The first kappa shape index (κ1) is 18.1. The van der Waals surface area contributed by atoms with Crippen molar-refractivity contribution in [3.63, 3.8) is 0 Å². The normalized spacial score (nSPS) is 22.4. The van der Waals surface area contributed by atoms with E-state index in [2.05, 4.69) is 42.1 Å². The van der Waals surface area contributed by atoms with Crippen molar-refractivity contribution in [2.24, 2.45) is 15.7 Å². The fraction of sp³-hybridized carbons (Fsp3) is 0.438. The first-order chi connectivity index (χ1) is 10.6.